The highest BCUT2D eigenvalue weighted by Crippen LogP contribution is 2.26. The molecule has 0 atom stereocenters. The molecule has 0 spiro atoms. The Hall–Kier alpha value is -3.78. The Bertz CT molecular complexity index is 978. The lowest BCUT2D eigenvalue weighted by atomic mass is 10.2. The third-order valence-corrected chi connectivity index (χ3v) is 4.06. The van der Waals surface area contributed by atoms with Gasteiger partial charge in [-0.05, 0) is 29.8 Å². The second-order valence-corrected chi connectivity index (χ2v) is 5.90. The van der Waals surface area contributed by atoms with Crippen LogP contribution < -0.4 is 10.5 Å². The Labute approximate surface area is 155 Å². The molecule has 3 heterocycles. The zero-order valence-electron chi connectivity index (χ0n) is 14.3. The molecular weight excluding hydrogens is 344 g/mol. The van der Waals surface area contributed by atoms with Crippen molar-refractivity contribution in [1.29, 1.82) is 0 Å². The Balaban J connectivity index is 1.65. The van der Waals surface area contributed by atoms with Crippen molar-refractivity contribution in [1.82, 2.24) is 20.5 Å². The minimum atomic E-state index is -0.392. The average molecular weight is 360 g/mol. The number of anilines is 1. The predicted molar refractivity (Wildman–Crippen MR) is 101 cm³/mol. The van der Waals surface area contributed by atoms with E-state index in [1.165, 1.54) is 6.07 Å². The summed E-state index contributed by atoms with van der Waals surface area (Å²) in [7, 11) is 0. The van der Waals surface area contributed by atoms with E-state index >= 15 is 0 Å². The van der Waals surface area contributed by atoms with Crippen LogP contribution >= 0.6 is 0 Å². The Morgan fingerprint density at radius 3 is 2.52 bits per heavy atom. The van der Waals surface area contributed by atoms with Crippen molar-refractivity contribution in [2.24, 2.45) is 0 Å². The molecule has 0 amide bonds. The van der Waals surface area contributed by atoms with Gasteiger partial charge in [0.05, 0.1) is 29.1 Å². The summed E-state index contributed by atoms with van der Waals surface area (Å²) in [5.74, 6) is 0.729. The first-order valence-corrected chi connectivity index (χ1v) is 8.31. The molecule has 0 saturated carbocycles. The minimum absolute atomic E-state index is 0.0663. The first-order chi connectivity index (χ1) is 13.2. The smallest absolute Gasteiger partial charge is 0.269 e. The normalized spacial score (nSPS) is 13.6. The number of aromatic nitrogens is 2. The molecule has 0 unspecified atom stereocenters. The van der Waals surface area contributed by atoms with Crippen molar-refractivity contribution in [3.8, 4) is 0 Å². The summed E-state index contributed by atoms with van der Waals surface area (Å²) in [4.78, 5) is 19.4. The van der Waals surface area contributed by atoms with Gasteiger partial charge in [0.15, 0.2) is 0 Å². The number of pyridine rings is 2. The number of hydrogen-bond donors (Lipinski definition) is 1. The fourth-order valence-electron chi connectivity index (χ4n) is 2.81. The van der Waals surface area contributed by atoms with Crippen LogP contribution in [0.2, 0.25) is 0 Å². The first kappa shape index (κ1) is 16.7. The van der Waals surface area contributed by atoms with Crippen LogP contribution in [0.5, 0.6) is 0 Å². The van der Waals surface area contributed by atoms with Crippen molar-refractivity contribution in [3.63, 3.8) is 0 Å². The zero-order chi connectivity index (χ0) is 18.6. The van der Waals surface area contributed by atoms with Crippen molar-refractivity contribution in [2.45, 2.75) is 6.54 Å². The van der Waals surface area contributed by atoms with Gasteiger partial charge in [-0.15, -0.1) is 5.53 Å². The summed E-state index contributed by atoms with van der Waals surface area (Å²) in [5, 5.41) is 14.7. The lowest BCUT2D eigenvalue weighted by Crippen LogP contribution is -2.40. The molecule has 27 heavy (non-hydrogen) atoms. The minimum Gasteiger partial charge on any atom is -0.282 e. The van der Waals surface area contributed by atoms with Gasteiger partial charge in [0.2, 0.25) is 0 Å². The largest absolute Gasteiger partial charge is 0.282 e. The number of nitrogens with zero attached hydrogens (tertiary/aromatic N) is 5. The van der Waals surface area contributed by atoms with E-state index < -0.39 is 4.92 Å². The van der Waals surface area contributed by atoms with Crippen molar-refractivity contribution < 1.29 is 4.92 Å². The van der Waals surface area contributed by atoms with Crippen LogP contribution in [0.4, 0.5) is 11.5 Å². The van der Waals surface area contributed by atoms with Crippen LogP contribution in [0, 0.1) is 10.1 Å². The highest BCUT2D eigenvalue weighted by atomic mass is 16.6. The van der Waals surface area contributed by atoms with Crippen molar-refractivity contribution in [3.05, 3.63) is 101 Å². The molecular formula is C19H16N6O2. The second kappa shape index (κ2) is 7.22. The molecule has 8 nitrogen and oxygen atoms in total. The lowest BCUT2D eigenvalue weighted by molar-refractivity contribution is -0.384. The fourth-order valence-corrected chi connectivity index (χ4v) is 2.81. The quantitative estimate of drug-likeness (QED) is 0.552. The number of rotatable bonds is 5. The maximum absolute atomic E-state index is 11.1. The maximum Gasteiger partial charge on any atom is 0.269 e. The molecule has 1 aliphatic rings. The maximum atomic E-state index is 11.1. The molecule has 2 aromatic heterocycles. The van der Waals surface area contributed by atoms with Gasteiger partial charge in [0, 0.05) is 24.5 Å². The summed E-state index contributed by atoms with van der Waals surface area (Å²) in [6.07, 6.45) is 5.35. The number of nitro benzene ring substituents is 1. The molecule has 0 saturated heterocycles. The number of hydrogen-bond acceptors (Lipinski definition) is 7. The Morgan fingerprint density at radius 2 is 1.81 bits per heavy atom. The highest BCUT2D eigenvalue weighted by Gasteiger charge is 2.24. The standard InChI is InChI=1S/C19H16N6O2/c26-25(27)16-7-5-6-15(12-16)13-23-18(17-8-1-3-10-20-17)14-24(22-23)19-9-2-4-11-21-19/h1-12,14,22H,13H2. The number of hydrazine groups is 2. The van der Waals surface area contributed by atoms with Crippen molar-refractivity contribution >= 4 is 17.2 Å². The van der Waals surface area contributed by atoms with Crippen LogP contribution in [0.1, 0.15) is 11.3 Å². The van der Waals surface area contributed by atoms with E-state index in [4.69, 9.17) is 0 Å². The molecule has 1 N–H and O–H groups in total. The van der Waals surface area contributed by atoms with E-state index in [0.29, 0.717) is 6.54 Å². The van der Waals surface area contributed by atoms with Gasteiger partial charge in [-0.2, -0.15) is 0 Å². The van der Waals surface area contributed by atoms with E-state index in [1.54, 1.807) is 29.5 Å². The van der Waals surface area contributed by atoms with Crippen LogP contribution in [-0.4, -0.2) is 19.9 Å². The van der Waals surface area contributed by atoms with Gasteiger partial charge in [0.1, 0.15) is 5.82 Å². The number of nitro groups is 1. The van der Waals surface area contributed by atoms with E-state index in [1.807, 2.05) is 53.7 Å². The van der Waals surface area contributed by atoms with E-state index in [9.17, 15) is 10.1 Å². The van der Waals surface area contributed by atoms with E-state index in [2.05, 4.69) is 15.5 Å². The first-order valence-electron chi connectivity index (χ1n) is 8.31. The molecule has 4 rings (SSSR count). The van der Waals surface area contributed by atoms with Crippen LogP contribution in [0.15, 0.2) is 79.3 Å². The summed E-state index contributed by atoms with van der Waals surface area (Å²) in [5.41, 5.74) is 5.75. The second-order valence-electron chi connectivity index (χ2n) is 5.90. The number of nitrogens with one attached hydrogen (secondary N) is 1. The van der Waals surface area contributed by atoms with Crippen LogP contribution in [-0.2, 0) is 6.54 Å². The fraction of sp³-hybridized carbons (Fsp3) is 0.0526. The van der Waals surface area contributed by atoms with Gasteiger partial charge in [-0.3, -0.25) is 20.1 Å². The molecule has 134 valence electrons. The van der Waals surface area contributed by atoms with E-state index in [0.717, 1.165) is 22.8 Å². The molecule has 1 aromatic carbocycles. The predicted octanol–water partition coefficient (Wildman–Crippen LogP) is 3.13. The summed E-state index contributed by atoms with van der Waals surface area (Å²) >= 11 is 0. The monoisotopic (exact) mass is 360 g/mol. The molecule has 0 radical (unpaired) electrons. The SMILES string of the molecule is O=[N+]([O-])c1cccc(CN2NN(c3ccccn3)C=C2c2ccccn2)c1. The number of non-ortho nitro benzene ring substituents is 1. The summed E-state index contributed by atoms with van der Waals surface area (Å²) < 4.78 is 0. The Morgan fingerprint density at radius 1 is 1.00 bits per heavy atom. The highest BCUT2D eigenvalue weighted by molar-refractivity contribution is 5.66. The molecule has 0 fully saturated rings. The average Bonchev–Trinajstić information content (AvgIpc) is 3.13. The molecule has 0 aliphatic carbocycles. The zero-order valence-corrected chi connectivity index (χ0v) is 14.3. The third kappa shape index (κ3) is 3.60. The molecule has 3 aromatic rings. The van der Waals surface area contributed by atoms with Crippen molar-refractivity contribution in [2.75, 3.05) is 5.01 Å². The van der Waals surface area contributed by atoms with Gasteiger partial charge >= 0.3 is 0 Å². The summed E-state index contributed by atoms with van der Waals surface area (Å²) in [6, 6.07) is 17.9. The number of benzene rings is 1. The molecule has 0 bridgehead atoms. The van der Waals surface area contributed by atoms with Crippen LogP contribution in [0.25, 0.3) is 5.70 Å². The molecule has 1 aliphatic heterocycles. The topological polar surface area (TPSA) is 87.4 Å². The van der Waals surface area contributed by atoms with E-state index in [-0.39, 0.29) is 5.69 Å². The third-order valence-electron chi connectivity index (χ3n) is 4.06. The Kier molecular flexibility index (Phi) is 4.46. The molecule has 8 heteroatoms. The van der Waals surface area contributed by atoms with Gasteiger partial charge in [-0.1, -0.05) is 24.3 Å². The van der Waals surface area contributed by atoms with Crippen LogP contribution in [0.3, 0.4) is 0 Å². The van der Waals surface area contributed by atoms with Gasteiger partial charge in [-0.25, -0.2) is 9.99 Å². The lowest BCUT2D eigenvalue weighted by Gasteiger charge is -2.24. The summed E-state index contributed by atoms with van der Waals surface area (Å²) in [6.45, 7) is 0.424. The van der Waals surface area contributed by atoms with Gasteiger partial charge < -0.3 is 0 Å². The van der Waals surface area contributed by atoms with Gasteiger partial charge in [0.25, 0.3) is 5.69 Å².